The van der Waals surface area contributed by atoms with Crippen LogP contribution in [0.5, 0.6) is 0 Å². The highest BCUT2D eigenvalue weighted by Crippen LogP contribution is 2.41. The first kappa shape index (κ1) is 33.4. The van der Waals surface area contributed by atoms with Crippen molar-refractivity contribution in [2.45, 2.75) is 31.5 Å². The summed E-state index contributed by atoms with van der Waals surface area (Å²) in [4.78, 5) is 44.9. The number of alkyl carbamates (subject to hydrolysis) is 1. The molecule has 0 radical (unpaired) electrons. The van der Waals surface area contributed by atoms with Gasteiger partial charge >= 0.3 is 12.1 Å². The van der Waals surface area contributed by atoms with Gasteiger partial charge < -0.3 is 24.6 Å². The Bertz CT molecular complexity index is 1710. The number of hydrogen-bond acceptors (Lipinski definition) is 5. The van der Waals surface area contributed by atoms with Gasteiger partial charge in [0, 0.05) is 24.9 Å². The van der Waals surface area contributed by atoms with Crippen LogP contribution in [0.4, 0.5) is 4.79 Å². The zero-order valence-electron chi connectivity index (χ0n) is 26.7. The number of carboxylic acids is 1. The molecule has 2 N–H and O–H groups in total. The number of carbonyl (C=O) groups is 3. The Morgan fingerprint density at radius 2 is 1.38 bits per heavy atom. The number of aliphatic carboxylic acids is 1. The van der Waals surface area contributed by atoms with Crippen LogP contribution in [0.25, 0.3) is 0 Å². The van der Waals surface area contributed by atoms with E-state index in [4.69, 9.17) is 4.74 Å². The van der Waals surface area contributed by atoms with Gasteiger partial charge in [-0.05, 0) is 29.2 Å². The van der Waals surface area contributed by atoms with Crippen molar-refractivity contribution in [3.8, 4) is 0 Å². The SMILES string of the molecule is CC=CCN(CC(=O)O)C(=O)C(Cc1cncn1C(c1ccccc1)(c1ccccc1)c1ccccc1)NC(=O)OCc1ccccc1. The molecule has 0 spiro atoms. The molecule has 1 aromatic heterocycles. The number of carboxylic acid groups (broad SMARTS) is 1. The first-order chi connectivity index (χ1) is 23.4. The maximum Gasteiger partial charge on any atom is 0.408 e. The fraction of sp³-hybridized carbons (Fsp3) is 0.179. The summed E-state index contributed by atoms with van der Waals surface area (Å²) in [5.41, 5.74) is 3.38. The van der Waals surface area contributed by atoms with Crippen molar-refractivity contribution >= 4 is 18.0 Å². The highest BCUT2D eigenvalue weighted by molar-refractivity contribution is 5.88. The monoisotopic (exact) mass is 642 g/mol. The van der Waals surface area contributed by atoms with Gasteiger partial charge in [-0.25, -0.2) is 9.78 Å². The Balaban J connectivity index is 1.60. The second-order valence-electron chi connectivity index (χ2n) is 11.2. The Hall–Kier alpha value is -5.96. The molecule has 0 aliphatic rings. The minimum absolute atomic E-state index is 0.000517. The fourth-order valence-corrected chi connectivity index (χ4v) is 5.90. The second-order valence-corrected chi connectivity index (χ2v) is 11.2. The van der Waals surface area contributed by atoms with Gasteiger partial charge in [0.1, 0.15) is 24.7 Å². The molecule has 1 unspecified atom stereocenters. The summed E-state index contributed by atoms with van der Waals surface area (Å²) in [5.74, 6) is -1.73. The summed E-state index contributed by atoms with van der Waals surface area (Å²) in [5, 5.41) is 12.4. The molecule has 0 aliphatic carbocycles. The van der Waals surface area contributed by atoms with Crippen LogP contribution in [0.2, 0.25) is 0 Å². The topological polar surface area (TPSA) is 114 Å². The summed E-state index contributed by atoms with van der Waals surface area (Å²) >= 11 is 0. The molecule has 2 amide bonds. The average molecular weight is 643 g/mol. The van der Waals surface area contributed by atoms with E-state index in [0.29, 0.717) is 5.69 Å². The van der Waals surface area contributed by atoms with E-state index >= 15 is 0 Å². The first-order valence-corrected chi connectivity index (χ1v) is 15.7. The molecule has 9 nitrogen and oxygen atoms in total. The molecule has 1 heterocycles. The lowest BCUT2D eigenvalue weighted by Crippen LogP contribution is -2.51. The molecule has 9 heteroatoms. The van der Waals surface area contributed by atoms with Crippen molar-refractivity contribution < 1.29 is 24.2 Å². The van der Waals surface area contributed by atoms with Crippen LogP contribution in [0.3, 0.4) is 0 Å². The van der Waals surface area contributed by atoms with Crippen molar-refractivity contribution in [3.05, 3.63) is 174 Å². The molecule has 0 bridgehead atoms. The highest BCUT2D eigenvalue weighted by atomic mass is 16.5. The largest absolute Gasteiger partial charge is 0.480 e. The Labute approximate surface area is 280 Å². The number of imidazole rings is 1. The molecular weight excluding hydrogens is 604 g/mol. The van der Waals surface area contributed by atoms with Crippen LogP contribution >= 0.6 is 0 Å². The molecule has 5 rings (SSSR count). The minimum Gasteiger partial charge on any atom is -0.480 e. The molecule has 244 valence electrons. The maximum atomic E-state index is 14.1. The standard InChI is InChI=1S/C39H38N4O5/c1-2-3-24-42(27-36(44)45)37(46)35(41-38(47)48-28-30-16-8-4-9-17-30)25-34-26-40-29-43(34)39(31-18-10-5-11-19-31,32-20-12-6-13-21-32)33-22-14-7-15-23-33/h2-23,26,29,35H,24-25,27-28H2,1H3,(H,41,47)(H,44,45). The van der Waals surface area contributed by atoms with Crippen molar-refractivity contribution in [2.24, 2.45) is 0 Å². The molecule has 1 atom stereocenters. The number of ether oxygens (including phenoxy) is 1. The predicted octanol–water partition coefficient (Wildman–Crippen LogP) is 6.05. The predicted molar refractivity (Wildman–Crippen MR) is 183 cm³/mol. The van der Waals surface area contributed by atoms with Gasteiger partial charge in [-0.15, -0.1) is 0 Å². The number of benzene rings is 4. The van der Waals surface area contributed by atoms with Crippen LogP contribution in [-0.4, -0.2) is 56.7 Å². The van der Waals surface area contributed by atoms with E-state index in [0.717, 1.165) is 22.3 Å². The second kappa shape index (κ2) is 16.0. The van der Waals surface area contributed by atoms with E-state index in [-0.39, 0.29) is 19.6 Å². The Morgan fingerprint density at radius 3 is 1.88 bits per heavy atom. The summed E-state index contributed by atoms with van der Waals surface area (Å²) in [7, 11) is 0. The number of hydrogen-bond donors (Lipinski definition) is 2. The number of allylic oxidation sites excluding steroid dienone is 1. The minimum atomic E-state index is -1.17. The van der Waals surface area contributed by atoms with E-state index in [2.05, 4.69) is 46.7 Å². The van der Waals surface area contributed by atoms with E-state index in [1.807, 2.05) is 89.5 Å². The number of nitrogens with zero attached hydrogens (tertiary/aromatic N) is 3. The molecule has 4 aromatic carbocycles. The highest BCUT2D eigenvalue weighted by Gasteiger charge is 2.40. The number of aromatic nitrogens is 2. The van der Waals surface area contributed by atoms with Gasteiger partial charge in [0.15, 0.2) is 0 Å². The van der Waals surface area contributed by atoms with Crippen LogP contribution in [0, 0.1) is 0 Å². The van der Waals surface area contributed by atoms with Gasteiger partial charge in [-0.3, -0.25) is 9.59 Å². The third-order valence-corrected chi connectivity index (χ3v) is 8.07. The summed E-state index contributed by atoms with van der Waals surface area (Å²) < 4.78 is 7.53. The average Bonchev–Trinajstić information content (AvgIpc) is 3.59. The third kappa shape index (κ3) is 7.70. The molecule has 5 aromatic rings. The summed E-state index contributed by atoms with van der Waals surface area (Å²) in [6.45, 7) is 1.30. The third-order valence-electron chi connectivity index (χ3n) is 8.07. The molecule has 0 fully saturated rings. The van der Waals surface area contributed by atoms with Gasteiger partial charge in [0.25, 0.3) is 0 Å². The number of rotatable bonds is 14. The van der Waals surface area contributed by atoms with E-state index in [1.165, 1.54) is 4.90 Å². The van der Waals surface area contributed by atoms with Crippen molar-refractivity contribution in [3.63, 3.8) is 0 Å². The van der Waals surface area contributed by atoms with Gasteiger partial charge in [0.05, 0.1) is 6.33 Å². The summed E-state index contributed by atoms with van der Waals surface area (Å²) in [6, 6.07) is 38.1. The normalized spacial score (nSPS) is 11.9. The Morgan fingerprint density at radius 1 is 0.854 bits per heavy atom. The van der Waals surface area contributed by atoms with Gasteiger partial charge in [-0.2, -0.15) is 0 Å². The molecule has 48 heavy (non-hydrogen) atoms. The zero-order chi connectivity index (χ0) is 33.8. The smallest absolute Gasteiger partial charge is 0.408 e. The molecule has 0 aliphatic heterocycles. The van der Waals surface area contributed by atoms with E-state index in [9.17, 15) is 19.5 Å². The van der Waals surface area contributed by atoms with Crippen LogP contribution in [-0.2, 0) is 32.9 Å². The van der Waals surface area contributed by atoms with Gasteiger partial charge in [-0.1, -0.05) is 133 Å². The quantitative estimate of drug-likeness (QED) is 0.113. The van der Waals surface area contributed by atoms with Crippen molar-refractivity contribution in [1.29, 1.82) is 0 Å². The van der Waals surface area contributed by atoms with E-state index in [1.54, 1.807) is 31.6 Å². The van der Waals surface area contributed by atoms with Crippen molar-refractivity contribution in [1.82, 2.24) is 19.8 Å². The van der Waals surface area contributed by atoms with Gasteiger partial charge in [0.2, 0.25) is 5.91 Å². The molecule has 0 saturated carbocycles. The van der Waals surface area contributed by atoms with Crippen LogP contribution in [0.1, 0.15) is 34.9 Å². The molecular formula is C39H38N4O5. The lowest BCUT2D eigenvalue weighted by Gasteiger charge is -2.39. The Kier molecular flexibility index (Phi) is 11.2. The molecule has 0 saturated heterocycles. The number of nitrogens with one attached hydrogen (secondary N) is 1. The van der Waals surface area contributed by atoms with Crippen LogP contribution in [0.15, 0.2) is 146 Å². The lowest BCUT2D eigenvalue weighted by atomic mass is 9.76. The first-order valence-electron chi connectivity index (χ1n) is 15.7. The summed E-state index contributed by atoms with van der Waals surface area (Å²) in [6.07, 6.45) is 6.04. The van der Waals surface area contributed by atoms with Crippen LogP contribution < -0.4 is 5.32 Å². The zero-order valence-corrected chi connectivity index (χ0v) is 26.7. The maximum absolute atomic E-state index is 14.1. The van der Waals surface area contributed by atoms with E-state index < -0.39 is 36.1 Å². The number of carbonyl (C=O) groups excluding carboxylic acids is 2. The lowest BCUT2D eigenvalue weighted by molar-refractivity contribution is -0.144. The number of amides is 2. The van der Waals surface area contributed by atoms with Crippen molar-refractivity contribution in [2.75, 3.05) is 13.1 Å². The fourth-order valence-electron chi connectivity index (χ4n) is 5.90.